The molecule has 0 radical (unpaired) electrons. The summed E-state index contributed by atoms with van der Waals surface area (Å²) >= 11 is 0. The minimum absolute atomic E-state index is 0.137. The third-order valence-corrected chi connectivity index (χ3v) is 3.46. The molecule has 0 saturated heterocycles. The molecule has 1 aromatic rings. The molecule has 0 fully saturated rings. The van der Waals surface area contributed by atoms with E-state index < -0.39 is 5.54 Å². The molecule has 0 atom stereocenters. The maximum Gasteiger partial charge on any atom is 0.244 e. The first-order chi connectivity index (χ1) is 7.85. The first-order valence-corrected chi connectivity index (χ1v) is 5.96. The lowest BCUT2D eigenvalue weighted by Crippen LogP contribution is -2.50. The van der Waals surface area contributed by atoms with E-state index in [2.05, 4.69) is 10.4 Å². The Morgan fingerprint density at radius 2 is 1.94 bits per heavy atom. The van der Waals surface area contributed by atoms with Gasteiger partial charge in [0.25, 0.3) is 0 Å². The number of anilines is 1. The summed E-state index contributed by atoms with van der Waals surface area (Å²) in [5.41, 5.74) is 7.78. The summed E-state index contributed by atoms with van der Waals surface area (Å²) in [5.74, 6) is -0.137. The van der Waals surface area contributed by atoms with Crippen LogP contribution in [0.5, 0.6) is 0 Å². The maximum atomic E-state index is 12.1. The zero-order chi connectivity index (χ0) is 13.2. The second kappa shape index (κ2) is 4.87. The van der Waals surface area contributed by atoms with Crippen LogP contribution >= 0.6 is 0 Å². The molecule has 0 unspecified atom stereocenters. The van der Waals surface area contributed by atoms with Crippen molar-refractivity contribution < 1.29 is 4.79 Å². The highest BCUT2D eigenvalue weighted by molar-refractivity contribution is 5.98. The highest BCUT2D eigenvalue weighted by atomic mass is 16.2. The van der Waals surface area contributed by atoms with Crippen LogP contribution in [0.15, 0.2) is 0 Å². The summed E-state index contributed by atoms with van der Waals surface area (Å²) in [5, 5.41) is 7.15. The van der Waals surface area contributed by atoms with Gasteiger partial charge in [-0.3, -0.25) is 9.48 Å². The summed E-state index contributed by atoms with van der Waals surface area (Å²) in [6.07, 6.45) is 1.24. The van der Waals surface area contributed by atoms with Gasteiger partial charge in [-0.25, -0.2) is 0 Å². The number of hydrogen-bond acceptors (Lipinski definition) is 3. The second-order valence-corrected chi connectivity index (χ2v) is 4.49. The molecule has 0 spiro atoms. The van der Waals surface area contributed by atoms with Crippen molar-refractivity contribution in [2.75, 3.05) is 5.32 Å². The van der Waals surface area contributed by atoms with Gasteiger partial charge < -0.3 is 11.1 Å². The molecule has 0 saturated carbocycles. The lowest BCUT2D eigenvalue weighted by molar-refractivity contribution is -0.121. The van der Waals surface area contributed by atoms with E-state index >= 15 is 0 Å². The first-order valence-electron chi connectivity index (χ1n) is 5.96. The standard InChI is InChI=1S/C12H22N4O/c1-6-12(13,7-2)11(17)14-10-8(3)15-16(5)9(10)4/h6-7,13H2,1-5H3,(H,14,17). The molecule has 0 aliphatic rings. The Kier molecular flexibility index (Phi) is 3.93. The van der Waals surface area contributed by atoms with Crippen LogP contribution < -0.4 is 11.1 Å². The zero-order valence-corrected chi connectivity index (χ0v) is 11.3. The molecule has 0 aromatic carbocycles. The lowest BCUT2D eigenvalue weighted by atomic mass is 9.93. The van der Waals surface area contributed by atoms with E-state index in [0.29, 0.717) is 12.8 Å². The van der Waals surface area contributed by atoms with Gasteiger partial charge in [-0.05, 0) is 26.7 Å². The molecule has 96 valence electrons. The second-order valence-electron chi connectivity index (χ2n) is 4.49. The summed E-state index contributed by atoms with van der Waals surface area (Å²) < 4.78 is 1.75. The van der Waals surface area contributed by atoms with Gasteiger partial charge in [0, 0.05) is 7.05 Å². The van der Waals surface area contributed by atoms with Gasteiger partial charge in [-0.1, -0.05) is 13.8 Å². The SMILES string of the molecule is CCC(N)(CC)C(=O)Nc1c(C)nn(C)c1C. The Labute approximate surface area is 102 Å². The predicted octanol–water partition coefficient (Wildman–Crippen LogP) is 1.49. The zero-order valence-electron chi connectivity index (χ0n) is 11.3. The number of rotatable bonds is 4. The van der Waals surface area contributed by atoms with E-state index in [-0.39, 0.29) is 5.91 Å². The Morgan fingerprint density at radius 1 is 1.41 bits per heavy atom. The van der Waals surface area contributed by atoms with E-state index in [1.54, 1.807) is 4.68 Å². The molecule has 3 N–H and O–H groups in total. The van der Waals surface area contributed by atoms with Crippen molar-refractivity contribution in [1.82, 2.24) is 9.78 Å². The number of hydrogen-bond donors (Lipinski definition) is 2. The van der Waals surface area contributed by atoms with Crippen LogP contribution in [0.2, 0.25) is 0 Å². The van der Waals surface area contributed by atoms with Crippen molar-refractivity contribution in [3.05, 3.63) is 11.4 Å². The number of carbonyl (C=O) groups excluding carboxylic acids is 1. The predicted molar refractivity (Wildman–Crippen MR) is 68.8 cm³/mol. The number of aromatic nitrogens is 2. The molecule has 0 bridgehead atoms. The van der Waals surface area contributed by atoms with Crippen molar-refractivity contribution in [3.8, 4) is 0 Å². The van der Waals surface area contributed by atoms with Crippen molar-refractivity contribution in [1.29, 1.82) is 0 Å². The Morgan fingerprint density at radius 3 is 2.29 bits per heavy atom. The van der Waals surface area contributed by atoms with Gasteiger partial charge in [-0.15, -0.1) is 0 Å². The number of nitrogens with two attached hydrogens (primary N) is 1. The molecular weight excluding hydrogens is 216 g/mol. The third kappa shape index (κ3) is 2.49. The van der Waals surface area contributed by atoms with Gasteiger partial charge in [-0.2, -0.15) is 5.10 Å². The van der Waals surface area contributed by atoms with Gasteiger partial charge in [0.05, 0.1) is 22.6 Å². The molecule has 17 heavy (non-hydrogen) atoms. The van der Waals surface area contributed by atoms with Crippen LogP contribution in [0.25, 0.3) is 0 Å². The molecule has 1 rings (SSSR count). The smallest absolute Gasteiger partial charge is 0.244 e. The summed E-state index contributed by atoms with van der Waals surface area (Å²) in [6, 6.07) is 0. The van der Waals surface area contributed by atoms with Crippen molar-refractivity contribution in [3.63, 3.8) is 0 Å². The average molecular weight is 238 g/mol. The lowest BCUT2D eigenvalue weighted by Gasteiger charge is -2.25. The van der Waals surface area contributed by atoms with Gasteiger partial charge in [0.1, 0.15) is 0 Å². The molecule has 5 nitrogen and oxygen atoms in total. The summed E-state index contributed by atoms with van der Waals surface area (Å²) in [4.78, 5) is 12.1. The van der Waals surface area contributed by atoms with Crippen molar-refractivity contribution in [2.45, 2.75) is 46.1 Å². The largest absolute Gasteiger partial charge is 0.321 e. The number of aryl methyl sites for hydroxylation is 2. The van der Waals surface area contributed by atoms with E-state index in [4.69, 9.17) is 5.73 Å². The summed E-state index contributed by atoms with van der Waals surface area (Å²) in [6.45, 7) is 7.64. The van der Waals surface area contributed by atoms with Crippen LogP contribution in [-0.2, 0) is 11.8 Å². The van der Waals surface area contributed by atoms with Crippen LogP contribution in [0.3, 0.4) is 0 Å². The molecule has 1 heterocycles. The van der Waals surface area contributed by atoms with Crippen LogP contribution in [0.4, 0.5) is 5.69 Å². The molecule has 1 aromatic heterocycles. The van der Waals surface area contributed by atoms with Crippen LogP contribution in [0, 0.1) is 13.8 Å². The fourth-order valence-electron chi connectivity index (χ4n) is 1.76. The molecule has 5 heteroatoms. The van der Waals surface area contributed by atoms with E-state index in [1.807, 2.05) is 34.7 Å². The number of nitrogens with one attached hydrogen (secondary N) is 1. The third-order valence-electron chi connectivity index (χ3n) is 3.46. The highest BCUT2D eigenvalue weighted by Crippen LogP contribution is 2.21. The maximum absolute atomic E-state index is 12.1. The van der Waals surface area contributed by atoms with Crippen LogP contribution in [0.1, 0.15) is 38.1 Å². The monoisotopic (exact) mass is 238 g/mol. The van der Waals surface area contributed by atoms with E-state index in [0.717, 1.165) is 17.1 Å². The van der Waals surface area contributed by atoms with Crippen LogP contribution in [-0.4, -0.2) is 21.2 Å². The first kappa shape index (κ1) is 13.7. The van der Waals surface area contributed by atoms with Gasteiger partial charge in [0.15, 0.2) is 0 Å². The van der Waals surface area contributed by atoms with Crippen molar-refractivity contribution >= 4 is 11.6 Å². The van der Waals surface area contributed by atoms with Gasteiger partial charge in [0.2, 0.25) is 5.91 Å². The average Bonchev–Trinajstić information content (AvgIpc) is 2.54. The topological polar surface area (TPSA) is 72.9 Å². The highest BCUT2D eigenvalue weighted by Gasteiger charge is 2.30. The minimum Gasteiger partial charge on any atom is -0.321 e. The number of carbonyl (C=O) groups is 1. The van der Waals surface area contributed by atoms with E-state index in [1.165, 1.54) is 0 Å². The number of nitrogens with zero attached hydrogens (tertiary/aromatic N) is 2. The Hall–Kier alpha value is -1.36. The summed E-state index contributed by atoms with van der Waals surface area (Å²) in [7, 11) is 1.85. The Bertz CT molecular complexity index is 418. The number of amides is 1. The van der Waals surface area contributed by atoms with E-state index in [9.17, 15) is 4.79 Å². The fourth-order valence-corrected chi connectivity index (χ4v) is 1.76. The molecular formula is C12H22N4O. The molecule has 0 aliphatic carbocycles. The fraction of sp³-hybridized carbons (Fsp3) is 0.667. The minimum atomic E-state index is -0.797. The Balaban J connectivity index is 2.95. The normalized spacial score (nSPS) is 11.6. The quantitative estimate of drug-likeness (QED) is 0.834. The van der Waals surface area contributed by atoms with Gasteiger partial charge >= 0.3 is 0 Å². The molecule has 0 aliphatic heterocycles. The molecule has 1 amide bonds. The van der Waals surface area contributed by atoms with Crippen molar-refractivity contribution in [2.24, 2.45) is 12.8 Å².